The first-order valence-corrected chi connectivity index (χ1v) is 11.8. The molecule has 0 spiro atoms. The third-order valence-electron chi connectivity index (χ3n) is 5.96. The van der Waals surface area contributed by atoms with Crippen LogP contribution in [0.3, 0.4) is 0 Å². The number of thiophene rings is 1. The van der Waals surface area contributed by atoms with E-state index in [1.165, 1.54) is 20.9 Å². The molecule has 0 radical (unpaired) electrons. The molecule has 4 rings (SSSR count). The minimum Gasteiger partial charge on any atom is -0.495 e. The first-order valence-electron chi connectivity index (χ1n) is 10.6. The molecular formula is C25H27ClN2O3S. The molecule has 0 bridgehead atoms. The summed E-state index contributed by atoms with van der Waals surface area (Å²) in [6, 6.07) is 13.2. The molecule has 0 aliphatic carbocycles. The molecule has 7 heteroatoms. The van der Waals surface area contributed by atoms with Crippen molar-refractivity contribution >= 4 is 34.7 Å². The monoisotopic (exact) mass is 470 g/mol. The first kappa shape index (κ1) is 22.5. The zero-order valence-electron chi connectivity index (χ0n) is 18.7. The Kier molecular flexibility index (Phi) is 6.63. The number of ether oxygens (including phenoxy) is 2. The minimum atomic E-state index is -0.187. The lowest BCUT2D eigenvalue weighted by Gasteiger charge is -2.36. The number of aryl methyl sites for hydroxylation is 1. The van der Waals surface area contributed by atoms with Crippen molar-refractivity contribution in [2.24, 2.45) is 0 Å². The molecule has 1 atom stereocenters. The lowest BCUT2D eigenvalue weighted by Crippen LogP contribution is -2.42. The molecule has 168 valence electrons. The van der Waals surface area contributed by atoms with Gasteiger partial charge in [-0.25, -0.2) is 4.79 Å². The van der Waals surface area contributed by atoms with Crippen molar-refractivity contribution in [3.8, 4) is 11.5 Å². The molecule has 1 aliphatic heterocycles. The van der Waals surface area contributed by atoms with E-state index < -0.39 is 0 Å². The fourth-order valence-corrected chi connectivity index (χ4v) is 6.12. The largest absolute Gasteiger partial charge is 0.495 e. The summed E-state index contributed by atoms with van der Waals surface area (Å²) in [6.07, 6.45) is 1.85. The number of carbonyl (C=O) groups is 1. The van der Waals surface area contributed by atoms with Gasteiger partial charge in [-0.3, -0.25) is 0 Å². The first-order chi connectivity index (χ1) is 15.5. The van der Waals surface area contributed by atoms with Gasteiger partial charge >= 0.3 is 6.03 Å². The van der Waals surface area contributed by atoms with E-state index >= 15 is 0 Å². The summed E-state index contributed by atoms with van der Waals surface area (Å²) in [5.74, 6) is 0.987. The summed E-state index contributed by atoms with van der Waals surface area (Å²) in [4.78, 5) is 18.0. The van der Waals surface area contributed by atoms with Gasteiger partial charge in [0.2, 0.25) is 0 Å². The second-order valence-electron chi connectivity index (χ2n) is 7.71. The Bertz CT molecular complexity index is 1130. The predicted octanol–water partition coefficient (Wildman–Crippen LogP) is 6.47. The normalized spacial score (nSPS) is 15.3. The van der Waals surface area contributed by atoms with Crippen LogP contribution < -0.4 is 14.8 Å². The lowest BCUT2D eigenvalue weighted by molar-refractivity contribution is 0.195. The van der Waals surface area contributed by atoms with Gasteiger partial charge in [0.1, 0.15) is 11.5 Å². The van der Waals surface area contributed by atoms with Gasteiger partial charge in [0, 0.05) is 22.4 Å². The molecule has 32 heavy (non-hydrogen) atoms. The van der Waals surface area contributed by atoms with E-state index in [4.69, 9.17) is 21.1 Å². The van der Waals surface area contributed by atoms with Gasteiger partial charge in [-0.2, -0.15) is 0 Å². The highest BCUT2D eigenvalue weighted by molar-refractivity contribution is 7.12. The lowest BCUT2D eigenvalue weighted by atomic mass is 9.92. The van der Waals surface area contributed by atoms with Crippen molar-refractivity contribution in [3.63, 3.8) is 0 Å². The summed E-state index contributed by atoms with van der Waals surface area (Å²) in [5.41, 5.74) is 4.44. The van der Waals surface area contributed by atoms with Gasteiger partial charge in [0.05, 0.1) is 31.0 Å². The molecule has 1 N–H and O–H groups in total. The van der Waals surface area contributed by atoms with Crippen molar-refractivity contribution in [3.05, 3.63) is 73.9 Å². The zero-order valence-corrected chi connectivity index (χ0v) is 20.3. The van der Waals surface area contributed by atoms with Crippen molar-refractivity contribution in [1.29, 1.82) is 0 Å². The maximum atomic E-state index is 13.5. The number of amides is 2. The third-order valence-corrected chi connectivity index (χ3v) is 7.50. The number of rotatable bonds is 5. The van der Waals surface area contributed by atoms with Crippen molar-refractivity contribution < 1.29 is 14.3 Å². The molecular weight excluding hydrogens is 444 g/mol. The van der Waals surface area contributed by atoms with Gasteiger partial charge in [-0.05, 0) is 42.5 Å². The molecule has 2 amide bonds. The van der Waals surface area contributed by atoms with E-state index in [9.17, 15) is 4.79 Å². The average Bonchev–Trinajstić information content (AvgIpc) is 3.13. The highest BCUT2D eigenvalue weighted by Gasteiger charge is 2.35. The Morgan fingerprint density at radius 2 is 1.91 bits per heavy atom. The summed E-state index contributed by atoms with van der Waals surface area (Å²) in [7, 11) is 3.10. The zero-order chi connectivity index (χ0) is 22.8. The smallest absolute Gasteiger partial charge is 0.322 e. The predicted molar refractivity (Wildman–Crippen MR) is 131 cm³/mol. The Morgan fingerprint density at radius 1 is 1.19 bits per heavy atom. The number of halogens is 1. The third kappa shape index (κ3) is 4.05. The number of hydrogen-bond donors (Lipinski definition) is 1. The molecule has 1 aliphatic rings. The van der Waals surface area contributed by atoms with Crippen LogP contribution in [0.5, 0.6) is 11.5 Å². The van der Waals surface area contributed by atoms with Crippen LogP contribution in [0.25, 0.3) is 0 Å². The van der Waals surface area contributed by atoms with Crippen LogP contribution in [0.4, 0.5) is 10.5 Å². The molecule has 5 nitrogen and oxygen atoms in total. The minimum absolute atomic E-state index is 0.135. The average molecular weight is 471 g/mol. The molecule has 3 aromatic rings. The van der Waals surface area contributed by atoms with Gasteiger partial charge in [0.15, 0.2) is 0 Å². The Morgan fingerprint density at radius 3 is 2.56 bits per heavy atom. The van der Waals surface area contributed by atoms with E-state index in [-0.39, 0.29) is 12.1 Å². The van der Waals surface area contributed by atoms with Crippen molar-refractivity contribution in [2.75, 3.05) is 26.1 Å². The Balaban J connectivity index is 1.72. The maximum Gasteiger partial charge on any atom is 0.322 e. The molecule has 2 aromatic carbocycles. The van der Waals surface area contributed by atoms with E-state index in [2.05, 4.69) is 31.3 Å². The number of methoxy groups -OCH3 is 2. The van der Waals surface area contributed by atoms with E-state index in [1.807, 2.05) is 23.1 Å². The van der Waals surface area contributed by atoms with E-state index in [1.54, 1.807) is 37.7 Å². The van der Waals surface area contributed by atoms with Gasteiger partial charge in [-0.15, -0.1) is 11.3 Å². The fraction of sp³-hybridized carbons (Fsp3) is 0.320. The molecule has 2 heterocycles. The van der Waals surface area contributed by atoms with Crippen LogP contribution in [0.1, 0.15) is 39.4 Å². The van der Waals surface area contributed by atoms with Crippen LogP contribution >= 0.6 is 22.9 Å². The number of nitrogens with zero attached hydrogens (tertiary/aromatic N) is 1. The fourth-order valence-electron chi connectivity index (χ4n) is 4.44. The summed E-state index contributed by atoms with van der Waals surface area (Å²) >= 11 is 8.11. The van der Waals surface area contributed by atoms with Gasteiger partial charge < -0.3 is 19.7 Å². The number of urea groups is 1. The number of carbonyl (C=O) groups excluding carboxylic acids is 1. The highest BCUT2D eigenvalue weighted by Crippen LogP contribution is 2.43. The Hall–Kier alpha value is -2.70. The van der Waals surface area contributed by atoms with Crippen LogP contribution in [-0.2, 0) is 12.8 Å². The molecule has 0 saturated carbocycles. The van der Waals surface area contributed by atoms with Crippen LogP contribution in [0.15, 0.2) is 42.5 Å². The summed E-state index contributed by atoms with van der Waals surface area (Å²) in [5, 5.41) is 3.42. The quantitative estimate of drug-likeness (QED) is 0.465. The second kappa shape index (κ2) is 9.43. The van der Waals surface area contributed by atoms with Crippen LogP contribution in [-0.4, -0.2) is 31.7 Å². The number of benzene rings is 2. The van der Waals surface area contributed by atoms with Crippen LogP contribution in [0, 0.1) is 6.92 Å². The van der Waals surface area contributed by atoms with Crippen molar-refractivity contribution in [2.45, 2.75) is 32.7 Å². The van der Waals surface area contributed by atoms with E-state index in [0.29, 0.717) is 28.8 Å². The number of hydrogen-bond acceptors (Lipinski definition) is 4. The topological polar surface area (TPSA) is 50.8 Å². The second-order valence-corrected chi connectivity index (χ2v) is 9.37. The van der Waals surface area contributed by atoms with Crippen molar-refractivity contribution in [1.82, 2.24) is 4.90 Å². The number of fused-ring (bicyclic) bond motifs is 1. The maximum absolute atomic E-state index is 13.5. The highest BCUT2D eigenvalue weighted by atomic mass is 35.5. The van der Waals surface area contributed by atoms with Gasteiger partial charge in [-0.1, -0.05) is 48.9 Å². The summed E-state index contributed by atoms with van der Waals surface area (Å²) < 4.78 is 10.7. The van der Waals surface area contributed by atoms with Gasteiger partial charge in [0.25, 0.3) is 0 Å². The summed E-state index contributed by atoms with van der Waals surface area (Å²) in [6.45, 7) is 5.01. The molecule has 0 unspecified atom stereocenters. The molecule has 1 aromatic heterocycles. The van der Waals surface area contributed by atoms with E-state index in [0.717, 1.165) is 18.4 Å². The molecule has 0 saturated heterocycles. The molecule has 0 fully saturated rings. The number of anilines is 1. The Labute approximate surface area is 197 Å². The number of nitrogens with one attached hydrogen (secondary N) is 1. The standard InChI is InChI=1S/C25H27ClN2O3S/c1-5-17-15(2)32-24-18(17)11-12-28(23(24)16-9-7-6-8-10-16)25(29)27-20-13-19(26)21(30-3)14-22(20)31-4/h6-10,13-14,23H,5,11-12H2,1-4H3,(H,27,29)/t23-/m0/s1. The van der Waals surface area contributed by atoms with Crippen LogP contribution in [0.2, 0.25) is 5.02 Å². The SMILES string of the molecule is CCc1c(C)sc2c1CCN(C(=O)Nc1cc(Cl)c(OC)cc1OC)[C@H]2c1ccccc1.